The first-order chi connectivity index (χ1) is 8.11. The lowest BCUT2D eigenvalue weighted by atomic mass is 10.3. The summed E-state index contributed by atoms with van der Waals surface area (Å²) < 4.78 is 1.27. The summed E-state index contributed by atoms with van der Waals surface area (Å²) in [6.07, 6.45) is 3.43. The standard InChI is InChI=1S/C11H15N3O3/c1-8(10(15)13-6-2-3-7-13)14-9(11(16)17)4-5-12-14/h4-5,8H,2-3,6-7H2,1H3,(H,16,17). The smallest absolute Gasteiger partial charge is 0.354 e. The number of amides is 1. The number of nitrogens with zero attached hydrogens (tertiary/aromatic N) is 3. The van der Waals surface area contributed by atoms with Gasteiger partial charge in [0, 0.05) is 19.3 Å². The van der Waals surface area contributed by atoms with Gasteiger partial charge >= 0.3 is 5.97 Å². The lowest BCUT2D eigenvalue weighted by molar-refractivity contribution is -0.133. The second-order valence-corrected chi connectivity index (χ2v) is 4.17. The average molecular weight is 237 g/mol. The van der Waals surface area contributed by atoms with Gasteiger partial charge in [-0.2, -0.15) is 5.10 Å². The highest BCUT2D eigenvalue weighted by Gasteiger charge is 2.27. The largest absolute Gasteiger partial charge is 0.477 e. The van der Waals surface area contributed by atoms with Crippen molar-refractivity contribution in [1.29, 1.82) is 0 Å². The fourth-order valence-electron chi connectivity index (χ4n) is 2.10. The van der Waals surface area contributed by atoms with E-state index < -0.39 is 12.0 Å². The number of carboxylic acids is 1. The minimum Gasteiger partial charge on any atom is -0.477 e. The van der Waals surface area contributed by atoms with Gasteiger partial charge < -0.3 is 10.0 Å². The molecule has 0 radical (unpaired) electrons. The van der Waals surface area contributed by atoms with Crippen LogP contribution < -0.4 is 0 Å². The molecule has 1 aliphatic heterocycles. The normalized spacial score (nSPS) is 17.1. The van der Waals surface area contributed by atoms with Gasteiger partial charge in [-0.3, -0.25) is 4.79 Å². The van der Waals surface area contributed by atoms with Crippen molar-refractivity contribution in [3.63, 3.8) is 0 Å². The monoisotopic (exact) mass is 237 g/mol. The molecule has 1 aromatic rings. The van der Waals surface area contributed by atoms with Gasteiger partial charge in [-0.1, -0.05) is 0 Å². The van der Waals surface area contributed by atoms with Crippen LogP contribution in [0, 0.1) is 0 Å². The van der Waals surface area contributed by atoms with Crippen LogP contribution in [-0.4, -0.2) is 44.8 Å². The van der Waals surface area contributed by atoms with Crippen molar-refractivity contribution < 1.29 is 14.7 Å². The van der Waals surface area contributed by atoms with E-state index >= 15 is 0 Å². The second kappa shape index (κ2) is 4.57. The van der Waals surface area contributed by atoms with Crippen LogP contribution in [-0.2, 0) is 4.79 Å². The van der Waals surface area contributed by atoms with E-state index in [1.54, 1.807) is 11.8 Å². The van der Waals surface area contributed by atoms with Crippen molar-refractivity contribution in [3.8, 4) is 0 Å². The third-order valence-electron chi connectivity index (χ3n) is 3.03. The Kier molecular flexibility index (Phi) is 3.12. The summed E-state index contributed by atoms with van der Waals surface area (Å²) in [7, 11) is 0. The molecule has 1 N–H and O–H groups in total. The second-order valence-electron chi connectivity index (χ2n) is 4.17. The SMILES string of the molecule is CC(C(=O)N1CCCC1)n1nccc1C(=O)O. The molecule has 0 bridgehead atoms. The molecule has 2 heterocycles. The number of aromatic carboxylic acids is 1. The van der Waals surface area contributed by atoms with Gasteiger partial charge in [0.1, 0.15) is 11.7 Å². The summed E-state index contributed by atoms with van der Waals surface area (Å²) in [5.41, 5.74) is 0.0463. The van der Waals surface area contributed by atoms with Crippen LogP contribution in [0.1, 0.15) is 36.3 Å². The van der Waals surface area contributed by atoms with E-state index in [-0.39, 0.29) is 11.6 Å². The van der Waals surface area contributed by atoms with Crippen LogP contribution in [0.4, 0.5) is 0 Å². The van der Waals surface area contributed by atoms with Gasteiger partial charge in [-0.05, 0) is 25.8 Å². The number of aromatic nitrogens is 2. The molecular formula is C11H15N3O3. The van der Waals surface area contributed by atoms with Gasteiger partial charge in [0.2, 0.25) is 5.91 Å². The maximum absolute atomic E-state index is 12.1. The zero-order chi connectivity index (χ0) is 12.4. The van der Waals surface area contributed by atoms with Crippen molar-refractivity contribution >= 4 is 11.9 Å². The minimum absolute atomic E-state index is 0.0463. The van der Waals surface area contributed by atoms with Crippen LogP contribution in [0.3, 0.4) is 0 Å². The van der Waals surface area contributed by atoms with Crippen LogP contribution in [0.25, 0.3) is 0 Å². The Morgan fingerprint density at radius 2 is 2.06 bits per heavy atom. The Balaban J connectivity index is 2.18. The molecule has 1 atom stereocenters. The first kappa shape index (κ1) is 11.6. The molecule has 0 spiro atoms. The molecule has 1 unspecified atom stereocenters. The Labute approximate surface area is 98.8 Å². The zero-order valence-corrected chi connectivity index (χ0v) is 9.67. The van der Waals surface area contributed by atoms with Crippen LogP contribution in [0.15, 0.2) is 12.3 Å². The van der Waals surface area contributed by atoms with Crippen LogP contribution >= 0.6 is 0 Å². The van der Waals surface area contributed by atoms with E-state index in [9.17, 15) is 9.59 Å². The Hall–Kier alpha value is -1.85. The molecular weight excluding hydrogens is 222 g/mol. The fourth-order valence-corrected chi connectivity index (χ4v) is 2.10. The number of likely N-dealkylation sites (tertiary alicyclic amines) is 1. The van der Waals surface area contributed by atoms with Crippen LogP contribution in [0.5, 0.6) is 0 Å². The first-order valence-electron chi connectivity index (χ1n) is 5.67. The molecule has 1 fully saturated rings. The summed E-state index contributed by atoms with van der Waals surface area (Å²) in [5, 5.41) is 12.9. The first-order valence-corrected chi connectivity index (χ1v) is 5.67. The Morgan fingerprint density at radius 3 is 2.65 bits per heavy atom. The van der Waals surface area contributed by atoms with Crippen molar-refractivity contribution in [1.82, 2.24) is 14.7 Å². The van der Waals surface area contributed by atoms with Crippen molar-refractivity contribution in [2.75, 3.05) is 13.1 Å². The summed E-state index contributed by atoms with van der Waals surface area (Å²) in [6.45, 7) is 3.19. The van der Waals surface area contributed by atoms with E-state index in [2.05, 4.69) is 5.10 Å². The van der Waals surface area contributed by atoms with E-state index in [1.807, 2.05) is 0 Å². The third kappa shape index (κ3) is 2.15. The van der Waals surface area contributed by atoms with E-state index in [1.165, 1.54) is 16.9 Å². The highest BCUT2D eigenvalue weighted by Crippen LogP contribution is 2.16. The van der Waals surface area contributed by atoms with Gasteiger partial charge in [0.15, 0.2) is 0 Å². The topological polar surface area (TPSA) is 75.4 Å². The van der Waals surface area contributed by atoms with E-state index in [0.717, 1.165) is 25.9 Å². The van der Waals surface area contributed by atoms with Gasteiger partial charge in [0.05, 0.1) is 0 Å². The molecule has 2 rings (SSSR count). The maximum atomic E-state index is 12.1. The Bertz CT molecular complexity index is 435. The van der Waals surface area contributed by atoms with Gasteiger partial charge in [-0.15, -0.1) is 0 Å². The van der Waals surface area contributed by atoms with E-state index in [4.69, 9.17) is 5.11 Å². The predicted octanol–water partition coefficient (Wildman–Crippen LogP) is 0.765. The number of hydrogen-bond donors (Lipinski definition) is 1. The molecule has 1 amide bonds. The number of carbonyl (C=O) groups is 2. The van der Waals surface area contributed by atoms with Gasteiger partial charge in [0.25, 0.3) is 0 Å². The van der Waals surface area contributed by atoms with Crippen molar-refractivity contribution in [2.45, 2.75) is 25.8 Å². The van der Waals surface area contributed by atoms with Gasteiger partial charge in [-0.25, -0.2) is 9.48 Å². The van der Waals surface area contributed by atoms with Crippen LogP contribution in [0.2, 0.25) is 0 Å². The molecule has 17 heavy (non-hydrogen) atoms. The fraction of sp³-hybridized carbons (Fsp3) is 0.545. The summed E-state index contributed by atoms with van der Waals surface area (Å²) in [4.78, 5) is 24.8. The molecule has 0 saturated carbocycles. The number of rotatable bonds is 3. The molecule has 6 nitrogen and oxygen atoms in total. The molecule has 1 aliphatic rings. The molecule has 92 valence electrons. The number of carbonyl (C=O) groups excluding carboxylic acids is 1. The molecule has 6 heteroatoms. The molecule has 1 saturated heterocycles. The highest BCUT2D eigenvalue weighted by atomic mass is 16.4. The molecule has 0 aliphatic carbocycles. The number of hydrogen-bond acceptors (Lipinski definition) is 3. The summed E-state index contributed by atoms with van der Waals surface area (Å²) in [6, 6.07) is 0.838. The van der Waals surface area contributed by atoms with Crippen molar-refractivity contribution in [2.24, 2.45) is 0 Å². The lowest BCUT2D eigenvalue weighted by Gasteiger charge is -2.21. The lowest BCUT2D eigenvalue weighted by Crippen LogP contribution is -2.35. The maximum Gasteiger partial charge on any atom is 0.354 e. The Morgan fingerprint density at radius 1 is 1.41 bits per heavy atom. The summed E-state index contributed by atoms with van der Waals surface area (Å²) in [5.74, 6) is -1.13. The third-order valence-corrected chi connectivity index (χ3v) is 3.03. The highest BCUT2D eigenvalue weighted by molar-refractivity contribution is 5.87. The predicted molar refractivity (Wildman–Crippen MR) is 59.7 cm³/mol. The summed E-state index contributed by atoms with van der Waals surface area (Å²) >= 11 is 0. The number of carboxylic acid groups (broad SMARTS) is 1. The van der Waals surface area contributed by atoms with Crippen molar-refractivity contribution in [3.05, 3.63) is 18.0 Å². The quantitative estimate of drug-likeness (QED) is 0.842. The minimum atomic E-state index is -1.07. The average Bonchev–Trinajstić information content (AvgIpc) is 2.97. The zero-order valence-electron chi connectivity index (χ0n) is 9.67. The van der Waals surface area contributed by atoms with E-state index in [0.29, 0.717) is 0 Å². The molecule has 1 aromatic heterocycles. The molecule has 0 aromatic carbocycles.